The number of amidine groups is 1. The highest BCUT2D eigenvalue weighted by Gasteiger charge is 2.12. The number of non-ortho nitro benzene ring substituents is 1. The highest BCUT2D eigenvalue weighted by atomic mass is 16.6. The Bertz CT molecular complexity index is 587. The summed E-state index contributed by atoms with van der Waals surface area (Å²) in [6.45, 7) is 0. The third-order valence-electron chi connectivity index (χ3n) is 2.07. The van der Waals surface area contributed by atoms with Gasteiger partial charge >= 0.3 is 0 Å². The lowest BCUT2D eigenvalue weighted by Crippen LogP contribution is -2.11. The third kappa shape index (κ3) is 1.54. The molecular formula is C9H7N3O4. The normalized spacial score (nSPS) is 11.9. The minimum atomic E-state index is -0.523. The molecule has 0 radical (unpaired) electrons. The molecule has 0 aliphatic heterocycles. The minimum absolute atomic E-state index is 0.0760. The molecule has 0 saturated carbocycles. The van der Waals surface area contributed by atoms with Gasteiger partial charge in [0.25, 0.3) is 5.69 Å². The molecule has 1 heterocycles. The molecule has 1 aromatic carbocycles. The Labute approximate surface area is 88.9 Å². The molecule has 0 spiro atoms. The molecule has 0 amide bonds. The second-order valence-electron chi connectivity index (χ2n) is 3.08. The van der Waals surface area contributed by atoms with E-state index in [0.29, 0.717) is 11.0 Å². The summed E-state index contributed by atoms with van der Waals surface area (Å²) >= 11 is 0. The van der Waals surface area contributed by atoms with Gasteiger partial charge in [0.15, 0.2) is 5.76 Å². The molecule has 0 saturated heterocycles. The lowest BCUT2D eigenvalue weighted by Gasteiger charge is -1.90. The largest absolute Gasteiger partial charge is 0.452 e. The van der Waals surface area contributed by atoms with Crippen molar-refractivity contribution in [2.45, 2.75) is 0 Å². The second-order valence-corrected chi connectivity index (χ2v) is 3.08. The van der Waals surface area contributed by atoms with Crippen LogP contribution < -0.4 is 5.73 Å². The number of rotatable bonds is 2. The fourth-order valence-corrected chi connectivity index (χ4v) is 1.31. The zero-order valence-electron chi connectivity index (χ0n) is 7.95. The Hall–Kier alpha value is -2.57. The van der Waals surface area contributed by atoms with Crippen LogP contribution in [0.15, 0.2) is 33.8 Å². The number of nitrogens with zero attached hydrogens (tertiary/aromatic N) is 2. The summed E-state index contributed by atoms with van der Waals surface area (Å²) in [5.41, 5.74) is 5.57. The second kappa shape index (κ2) is 3.54. The van der Waals surface area contributed by atoms with Gasteiger partial charge in [-0.25, -0.2) is 0 Å². The van der Waals surface area contributed by atoms with Gasteiger partial charge < -0.3 is 15.4 Å². The zero-order valence-corrected chi connectivity index (χ0v) is 7.95. The molecule has 0 aliphatic rings. The Morgan fingerprint density at radius 1 is 1.50 bits per heavy atom. The number of nitro benzene ring substituents is 1. The van der Waals surface area contributed by atoms with Crippen LogP contribution in [0.1, 0.15) is 5.76 Å². The first kappa shape index (κ1) is 9.97. The number of hydrogen-bond donors (Lipinski definition) is 2. The highest BCUT2D eigenvalue weighted by Crippen LogP contribution is 2.23. The molecule has 7 nitrogen and oxygen atoms in total. The van der Waals surface area contributed by atoms with Crippen molar-refractivity contribution in [3.8, 4) is 0 Å². The number of benzene rings is 1. The van der Waals surface area contributed by atoms with Crippen molar-refractivity contribution >= 4 is 22.5 Å². The van der Waals surface area contributed by atoms with Crippen molar-refractivity contribution in [2.24, 2.45) is 10.9 Å². The van der Waals surface area contributed by atoms with E-state index in [0.717, 1.165) is 0 Å². The van der Waals surface area contributed by atoms with Crippen molar-refractivity contribution in [3.05, 3.63) is 40.1 Å². The van der Waals surface area contributed by atoms with Gasteiger partial charge in [0.1, 0.15) is 5.58 Å². The predicted molar refractivity (Wildman–Crippen MR) is 55.4 cm³/mol. The van der Waals surface area contributed by atoms with Gasteiger partial charge in [-0.15, -0.1) is 0 Å². The number of oxime groups is 1. The number of nitrogens with two attached hydrogens (primary N) is 1. The van der Waals surface area contributed by atoms with E-state index in [1.807, 2.05) is 0 Å². The summed E-state index contributed by atoms with van der Waals surface area (Å²) < 4.78 is 5.19. The van der Waals surface area contributed by atoms with Gasteiger partial charge in [-0.3, -0.25) is 10.1 Å². The van der Waals surface area contributed by atoms with Crippen LogP contribution in [0.25, 0.3) is 11.0 Å². The minimum Gasteiger partial charge on any atom is -0.452 e. The van der Waals surface area contributed by atoms with Crippen LogP contribution in [-0.4, -0.2) is 16.0 Å². The van der Waals surface area contributed by atoms with Gasteiger partial charge in [-0.05, 0) is 12.1 Å². The Kier molecular flexibility index (Phi) is 2.20. The van der Waals surface area contributed by atoms with Gasteiger partial charge in [-0.2, -0.15) is 0 Å². The number of nitro groups is 1. The van der Waals surface area contributed by atoms with Crippen LogP contribution in [0.4, 0.5) is 5.69 Å². The number of hydrogen-bond acceptors (Lipinski definition) is 5. The molecule has 7 heteroatoms. The molecule has 1 aromatic heterocycles. The fraction of sp³-hybridized carbons (Fsp3) is 0. The van der Waals surface area contributed by atoms with E-state index < -0.39 is 4.92 Å². The van der Waals surface area contributed by atoms with Crippen molar-refractivity contribution in [3.63, 3.8) is 0 Å². The molecular weight excluding hydrogens is 214 g/mol. The average Bonchev–Trinajstić information content (AvgIpc) is 2.70. The van der Waals surface area contributed by atoms with E-state index in [9.17, 15) is 10.1 Å². The van der Waals surface area contributed by atoms with E-state index in [1.54, 1.807) is 0 Å². The maximum atomic E-state index is 10.5. The lowest BCUT2D eigenvalue weighted by molar-refractivity contribution is -0.384. The molecule has 3 N–H and O–H groups in total. The quantitative estimate of drug-likeness (QED) is 0.261. The maximum absolute atomic E-state index is 10.5. The van der Waals surface area contributed by atoms with Gasteiger partial charge in [-0.1, -0.05) is 5.16 Å². The van der Waals surface area contributed by atoms with Crippen molar-refractivity contribution in [1.82, 2.24) is 0 Å². The molecule has 16 heavy (non-hydrogen) atoms. The highest BCUT2D eigenvalue weighted by molar-refractivity contribution is 5.98. The molecule has 82 valence electrons. The first-order valence-electron chi connectivity index (χ1n) is 4.27. The Morgan fingerprint density at radius 2 is 2.25 bits per heavy atom. The Morgan fingerprint density at radius 3 is 2.88 bits per heavy atom. The predicted octanol–water partition coefficient (Wildman–Crippen LogP) is 1.44. The first-order valence-corrected chi connectivity index (χ1v) is 4.27. The average molecular weight is 221 g/mol. The van der Waals surface area contributed by atoms with E-state index in [2.05, 4.69) is 5.16 Å². The number of furan rings is 1. The van der Waals surface area contributed by atoms with Crippen LogP contribution in [0, 0.1) is 10.1 Å². The van der Waals surface area contributed by atoms with Gasteiger partial charge in [0.2, 0.25) is 5.84 Å². The lowest BCUT2D eigenvalue weighted by atomic mass is 10.2. The van der Waals surface area contributed by atoms with Crippen LogP contribution in [0.3, 0.4) is 0 Å². The van der Waals surface area contributed by atoms with Crippen LogP contribution in [0.5, 0.6) is 0 Å². The molecule has 2 rings (SSSR count). The Balaban J connectivity index is 2.58. The summed E-state index contributed by atoms with van der Waals surface area (Å²) in [4.78, 5) is 9.99. The monoisotopic (exact) mass is 221 g/mol. The summed E-state index contributed by atoms with van der Waals surface area (Å²) in [5.74, 6) is -0.0168. The van der Waals surface area contributed by atoms with E-state index in [-0.39, 0.29) is 17.3 Å². The van der Waals surface area contributed by atoms with Crippen molar-refractivity contribution < 1.29 is 14.5 Å². The van der Waals surface area contributed by atoms with Crippen LogP contribution in [0.2, 0.25) is 0 Å². The van der Waals surface area contributed by atoms with Gasteiger partial charge in [0, 0.05) is 11.5 Å². The maximum Gasteiger partial charge on any atom is 0.273 e. The molecule has 0 atom stereocenters. The molecule has 0 unspecified atom stereocenters. The smallest absolute Gasteiger partial charge is 0.273 e. The summed E-state index contributed by atoms with van der Waals surface area (Å²) in [7, 11) is 0. The molecule has 0 fully saturated rings. The standard InChI is InChI=1S/C9H7N3O4/c10-9(11-13)8-3-5-1-2-6(12(14)15)4-7(5)16-8/h1-4,13H,(H2,10,11). The molecule has 0 bridgehead atoms. The summed E-state index contributed by atoms with van der Waals surface area (Å²) in [6.07, 6.45) is 0. The van der Waals surface area contributed by atoms with E-state index >= 15 is 0 Å². The SMILES string of the molecule is N/C(=N\O)c1cc2ccc([N+](=O)[O-])cc2o1. The molecule has 0 aliphatic carbocycles. The summed E-state index contributed by atoms with van der Waals surface area (Å²) in [5, 5.41) is 22.4. The summed E-state index contributed by atoms with van der Waals surface area (Å²) in [6, 6.07) is 5.70. The third-order valence-corrected chi connectivity index (χ3v) is 2.07. The van der Waals surface area contributed by atoms with Crippen LogP contribution >= 0.6 is 0 Å². The van der Waals surface area contributed by atoms with Crippen LogP contribution in [-0.2, 0) is 0 Å². The fourth-order valence-electron chi connectivity index (χ4n) is 1.31. The number of fused-ring (bicyclic) bond motifs is 1. The van der Waals surface area contributed by atoms with Crippen molar-refractivity contribution in [2.75, 3.05) is 0 Å². The topological polar surface area (TPSA) is 115 Å². The van der Waals surface area contributed by atoms with Crippen molar-refractivity contribution in [1.29, 1.82) is 0 Å². The van der Waals surface area contributed by atoms with E-state index in [1.165, 1.54) is 24.3 Å². The first-order chi connectivity index (χ1) is 7.61. The van der Waals surface area contributed by atoms with E-state index in [4.69, 9.17) is 15.4 Å². The van der Waals surface area contributed by atoms with Gasteiger partial charge in [0.05, 0.1) is 11.0 Å². The molecule has 2 aromatic rings. The zero-order chi connectivity index (χ0) is 11.7.